The molecule has 2 aromatic carbocycles. The first-order valence-electron chi connectivity index (χ1n) is 8.28. The Morgan fingerprint density at radius 3 is 2.00 bits per heavy atom. The Balaban J connectivity index is 0.00000196. The fourth-order valence-electron chi connectivity index (χ4n) is 3.73. The molecule has 0 radical (unpaired) electrons. The first kappa shape index (κ1) is 18.7. The predicted molar refractivity (Wildman–Crippen MR) is 94.8 cm³/mol. The smallest absolute Gasteiger partial charge is 0.253 e. The molecule has 138 valence electrons. The Kier molecular flexibility index (Phi) is 5.25. The van der Waals surface area contributed by atoms with Crippen molar-refractivity contribution in [3.8, 4) is 11.1 Å². The van der Waals surface area contributed by atoms with E-state index in [-0.39, 0.29) is 23.9 Å². The highest BCUT2D eigenvalue weighted by molar-refractivity contribution is 5.95. The molecule has 0 saturated carbocycles. The highest BCUT2D eigenvalue weighted by atomic mass is 35.5. The van der Waals surface area contributed by atoms with E-state index in [0.717, 1.165) is 38.3 Å². The van der Waals surface area contributed by atoms with Crippen LogP contribution in [-0.2, 0) is 0 Å². The second-order valence-electron chi connectivity index (χ2n) is 6.72. The first-order valence-corrected chi connectivity index (χ1v) is 8.28. The monoisotopic (exact) mass is 382 g/mol. The molecule has 0 bridgehead atoms. The van der Waals surface area contributed by atoms with E-state index >= 15 is 0 Å². The van der Waals surface area contributed by atoms with Crippen LogP contribution in [-0.4, -0.2) is 37.0 Å². The third kappa shape index (κ3) is 3.31. The van der Waals surface area contributed by atoms with Gasteiger partial charge in [0.15, 0.2) is 17.5 Å². The quantitative estimate of drug-likeness (QED) is 0.806. The number of halogens is 4. The van der Waals surface area contributed by atoms with Crippen LogP contribution in [0.5, 0.6) is 0 Å². The largest absolute Gasteiger partial charge is 0.338 e. The van der Waals surface area contributed by atoms with Crippen molar-refractivity contribution in [1.29, 1.82) is 0 Å². The second kappa shape index (κ2) is 7.29. The van der Waals surface area contributed by atoms with Crippen LogP contribution >= 0.6 is 12.4 Å². The van der Waals surface area contributed by atoms with Gasteiger partial charge in [-0.2, -0.15) is 0 Å². The maximum atomic E-state index is 13.4. The molecule has 2 saturated heterocycles. The van der Waals surface area contributed by atoms with E-state index < -0.39 is 17.5 Å². The summed E-state index contributed by atoms with van der Waals surface area (Å²) in [6.07, 6.45) is 0. The number of benzene rings is 2. The van der Waals surface area contributed by atoms with Gasteiger partial charge in [-0.3, -0.25) is 4.79 Å². The van der Waals surface area contributed by atoms with Crippen molar-refractivity contribution in [2.45, 2.75) is 0 Å². The van der Waals surface area contributed by atoms with Crippen molar-refractivity contribution in [3.05, 3.63) is 59.4 Å². The Bertz CT molecular complexity index is 793. The number of hydrogen-bond donors (Lipinski definition) is 1. The predicted octanol–water partition coefficient (Wildman–Crippen LogP) is 3.48. The van der Waals surface area contributed by atoms with Crippen LogP contribution in [0.25, 0.3) is 11.1 Å². The lowest BCUT2D eigenvalue weighted by atomic mass is 10.0. The minimum absolute atomic E-state index is 0. The number of fused-ring (bicyclic) bond motifs is 1. The summed E-state index contributed by atoms with van der Waals surface area (Å²) in [6.45, 7) is 3.42. The van der Waals surface area contributed by atoms with Crippen LogP contribution in [0.1, 0.15) is 10.4 Å². The molecule has 26 heavy (non-hydrogen) atoms. The first-order chi connectivity index (χ1) is 12.0. The Labute approximate surface area is 155 Å². The zero-order chi connectivity index (χ0) is 17.6. The van der Waals surface area contributed by atoms with Gasteiger partial charge >= 0.3 is 0 Å². The fourth-order valence-corrected chi connectivity index (χ4v) is 3.73. The van der Waals surface area contributed by atoms with Crippen molar-refractivity contribution < 1.29 is 18.0 Å². The Morgan fingerprint density at radius 2 is 1.46 bits per heavy atom. The SMILES string of the molecule is Cl.O=C(c1ccc(-c2cc(F)c(F)c(F)c2)cc1)N1C[C@H]2CNC[C@H]2C1. The van der Waals surface area contributed by atoms with E-state index in [1.54, 1.807) is 24.3 Å². The Morgan fingerprint density at radius 1 is 0.923 bits per heavy atom. The maximum absolute atomic E-state index is 13.4. The van der Waals surface area contributed by atoms with Crippen LogP contribution in [0.15, 0.2) is 36.4 Å². The van der Waals surface area contributed by atoms with Gasteiger partial charge < -0.3 is 10.2 Å². The van der Waals surface area contributed by atoms with Gasteiger partial charge in [-0.05, 0) is 47.2 Å². The summed E-state index contributed by atoms with van der Waals surface area (Å²) in [5, 5.41) is 3.34. The number of carbonyl (C=O) groups excluding carboxylic acids is 1. The lowest BCUT2D eigenvalue weighted by Crippen LogP contribution is -2.31. The van der Waals surface area contributed by atoms with E-state index in [4.69, 9.17) is 0 Å². The van der Waals surface area contributed by atoms with Crippen molar-refractivity contribution in [2.75, 3.05) is 26.2 Å². The van der Waals surface area contributed by atoms with Gasteiger partial charge in [0.05, 0.1) is 0 Å². The molecule has 2 aliphatic rings. The maximum Gasteiger partial charge on any atom is 0.253 e. The molecule has 2 aliphatic heterocycles. The van der Waals surface area contributed by atoms with Gasteiger partial charge in [-0.1, -0.05) is 12.1 Å². The number of rotatable bonds is 2. The molecule has 2 heterocycles. The van der Waals surface area contributed by atoms with Crippen LogP contribution in [0.3, 0.4) is 0 Å². The van der Waals surface area contributed by atoms with Crippen LogP contribution in [0, 0.1) is 29.3 Å². The molecule has 1 amide bonds. The number of carbonyl (C=O) groups is 1. The van der Waals surface area contributed by atoms with Gasteiger partial charge in [-0.15, -0.1) is 12.4 Å². The van der Waals surface area contributed by atoms with Crippen molar-refractivity contribution in [2.24, 2.45) is 11.8 Å². The molecule has 3 nitrogen and oxygen atoms in total. The van der Waals surface area contributed by atoms with Gasteiger partial charge in [0.1, 0.15) is 0 Å². The topological polar surface area (TPSA) is 32.3 Å². The van der Waals surface area contributed by atoms with Crippen molar-refractivity contribution in [3.63, 3.8) is 0 Å². The van der Waals surface area contributed by atoms with E-state index in [9.17, 15) is 18.0 Å². The summed E-state index contributed by atoms with van der Waals surface area (Å²) in [6, 6.07) is 8.43. The minimum atomic E-state index is -1.48. The molecule has 2 aromatic rings. The minimum Gasteiger partial charge on any atom is -0.338 e. The summed E-state index contributed by atoms with van der Waals surface area (Å²) >= 11 is 0. The molecular weight excluding hydrogens is 365 g/mol. The van der Waals surface area contributed by atoms with Crippen LogP contribution in [0.4, 0.5) is 13.2 Å². The molecular formula is C19H18ClF3N2O. The summed E-state index contributed by atoms with van der Waals surface area (Å²) in [5.41, 5.74) is 1.30. The highest BCUT2D eigenvalue weighted by Crippen LogP contribution is 2.28. The van der Waals surface area contributed by atoms with E-state index in [0.29, 0.717) is 23.0 Å². The van der Waals surface area contributed by atoms with E-state index in [1.165, 1.54) is 0 Å². The zero-order valence-electron chi connectivity index (χ0n) is 13.8. The summed E-state index contributed by atoms with van der Waals surface area (Å²) < 4.78 is 39.8. The van der Waals surface area contributed by atoms with Crippen molar-refractivity contribution in [1.82, 2.24) is 10.2 Å². The lowest BCUT2D eigenvalue weighted by Gasteiger charge is -2.17. The van der Waals surface area contributed by atoms with Crippen LogP contribution < -0.4 is 5.32 Å². The zero-order valence-corrected chi connectivity index (χ0v) is 14.7. The molecule has 0 spiro atoms. The Hall–Kier alpha value is -2.05. The number of likely N-dealkylation sites (tertiary alicyclic amines) is 1. The number of hydrogen-bond acceptors (Lipinski definition) is 2. The normalized spacial score (nSPS) is 21.4. The molecule has 2 fully saturated rings. The third-order valence-corrected chi connectivity index (χ3v) is 5.13. The molecule has 0 unspecified atom stereocenters. The summed E-state index contributed by atoms with van der Waals surface area (Å²) in [5.74, 6) is -2.93. The molecule has 0 aromatic heterocycles. The van der Waals surface area contributed by atoms with Gasteiger partial charge in [0.25, 0.3) is 5.91 Å². The van der Waals surface area contributed by atoms with Crippen molar-refractivity contribution >= 4 is 18.3 Å². The average molecular weight is 383 g/mol. The molecule has 7 heteroatoms. The number of nitrogens with zero attached hydrogens (tertiary/aromatic N) is 1. The van der Waals surface area contributed by atoms with E-state index in [1.807, 2.05) is 4.90 Å². The van der Waals surface area contributed by atoms with Gasteiger partial charge in [0.2, 0.25) is 0 Å². The highest BCUT2D eigenvalue weighted by Gasteiger charge is 2.38. The molecule has 1 N–H and O–H groups in total. The lowest BCUT2D eigenvalue weighted by molar-refractivity contribution is 0.0781. The number of amides is 1. The number of nitrogens with one attached hydrogen (secondary N) is 1. The molecule has 0 aliphatic carbocycles. The van der Waals surface area contributed by atoms with Gasteiger partial charge in [-0.25, -0.2) is 13.2 Å². The molecule has 4 rings (SSSR count). The third-order valence-electron chi connectivity index (χ3n) is 5.13. The average Bonchev–Trinajstić information content (AvgIpc) is 3.20. The van der Waals surface area contributed by atoms with E-state index in [2.05, 4.69) is 5.32 Å². The second-order valence-corrected chi connectivity index (χ2v) is 6.72. The summed E-state index contributed by atoms with van der Waals surface area (Å²) in [4.78, 5) is 14.5. The standard InChI is InChI=1S/C19H17F3N2O.ClH/c20-16-5-13(6-17(21)18(16)22)11-1-3-12(4-2-11)19(25)24-9-14-7-23-8-15(14)10-24;/h1-6,14-15,23H,7-10H2;1H/t14-,15+;. The summed E-state index contributed by atoms with van der Waals surface area (Å²) in [7, 11) is 0. The molecule has 2 atom stereocenters. The van der Waals surface area contributed by atoms with Crippen LogP contribution in [0.2, 0.25) is 0 Å². The van der Waals surface area contributed by atoms with Gasteiger partial charge in [0, 0.05) is 31.7 Å². The fraction of sp³-hybridized carbons (Fsp3) is 0.316.